The van der Waals surface area contributed by atoms with Gasteiger partial charge in [-0.25, -0.2) is 0 Å². The number of hydrogen-bond donors (Lipinski definition) is 1. The van der Waals surface area contributed by atoms with Gasteiger partial charge in [0.05, 0.1) is 7.11 Å². The van der Waals surface area contributed by atoms with Crippen molar-refractivity contribution < 1.29 is 9.84 Å². The lowest BCUT2D eigenvalue weighted by atomic mass is 10.1. The molecule has 0 saturated carbocycles. The van der Waals surface area contributed by atoms with Gasteiger partial charge in [0, 0.05) is 9.75 Å². The van der Waals surface area contributed by atoms with Crippen LogP contribution in [0.4, 0.5) is 0 Å². The highest BCUT2D eigenvalue weighted by molar-refractivity contribution is 7.13. The van der Waals surface area contributed by atoms with Crippen LogP contribution < -0.4 is 4.74 Å². The first-order chi connectivity index (χ1) is 8.24. The largest absolute Gasteiger partial charge is 0.497 e. The normalized spacial score (nSPS) is 12.1. The number of benzene rings is 1. The lowest BCUT2D eigenvalue weighted by Crippen LogP contribution is -1.96. The van der Waals surface area contributed by atoms with Gasteiger partial charge in [-0.3, -0.25) is 0 Å². The van der Waals surface area contributed by atoms with E-state index in [0.29, 0.717) is 0 Å². The van der Waals surface area contributed by atoms with E-state index in [1.54, 1.807) is 24.5 Å². The third-order valence-electron chi connectivity index (χ3n) is 2.55. The minimum Gasteiger partial charge on any atom is -0.497 e. The summed E-state index contributed by atoms with van der Waals surface area (Å²) in [5.74, 6) is 0.791. The van der Waals surface area contributed by atoms with Crippen LogP contribution in [0.25, 0.3) is 6.08 Å². The smallest absolute Gasteiger partial charge is 0.118 e. The third-order valence-corrected chi connectivity index (χ3v) is 3.68. The number of thiophene rings is 1. The second-order valence-corrected chi connectivity index (χ2v) is 4.77. The van der Waals surface area contributed by atoms with Gasteiger partial charge in [0.2, 0.25) is 0 Å². The zero-order chi connectivity index (χ0) is 12.3. The average Bonchev–Trinajstić information content (AvgIpc) is 2.87. The summed E-state index contributed by atoms with van der Waals surface area (Å²) < 4.78 is 5.08. The molecule has 0 saturated heterocycles. The maximum atomic E-state index is 10.2. The molecule has 1 N–H and O–H groups in total. The highest BCUT2D eigenvalue weighted by Crippen LogP contribution is 2.29. The summed E-state index contributed by atoms with van der Waals surface area (Å²) in [5.41, 5.74) is 0.864. The van der Waals surface area contributed by atoms with Gasteiger partial charge < -0.3 is 9.84 Å². The Hall–Kier alpha value is -1.58. The quantitative estimate of drug-likeness (QED) is 0.895. The molecule has 88 valence electrons. The minimum absolute atomic E-state index is 0.584. The minimum atomic E-state index is -0.584. The average molecular weight is 246 g/mol. The molecule has 1 unspecified atom stereocenters. The van der Waals surface area contributed by atoms with E-state index in [4.69, 9.17) is 4.74 Å². The fraction of sp³-hybridized carbons (Fsp3) is 0.143. The first-order valence-electron chi connectivity index (χ1n) is 5.29. The van der Waals surface area contributed by atoms with Crippen LogP contribution in [0.1, 0.15) is 21.4 Å². The lowest BCUT2D eigenvalue weighted by Gasteiger charge is -2.09. The van der Waals surface area contributed by atoms with E-state index in [0.717, 1.165) is 21.1 Å². The van der Waals surface area contributed by atoms with Crippen LogP contribution in [-0.2, 0) is 0 Å². The zero-order valence-corrected chi connectivity index (χ0v) is 10.4. The molecule has 1 aromatic carbocycles. The number of hydrogen-bond acceptors (Lipinski definition) is 3. The van der Waals surface area contributed by atoms with Crippen LogP contribution in [0.5, 0.6) is 5.75 Å². The summed E-state index contributed by atoms with van der Waals surface area (Å²) in [6.07, 6.45) is 1.20. The Bertz CT molecular complexity index is 499. The van der Waals surface area contributed by atoms with Gasteiger partial charge in [0.1, 0.15) is 11.9 Å². The number of aliphatic hydroxyl groups excluding tert-OH is 1. The Kier molecular flexibility index (Phi) is 3.61. The lowest BCUT2D eigenvalue weighted by molar-refractivity contribution is 0.224. The van der Waals surface area contributed by atoms with Crippen molar-refractivity contribution in [2.45, 2.75) is 6.10 Å². The molecule has 0 bridgehead atoms. The third kappa shape index (κ3) is 2.57. The van der Waals surface area contributed by atoms with Crippen LogP contribution >= 0.6 is 11.3 Å². The molecule has 0 radical (unpaired) electrons. The Morgan fingerprint density at radius 1 is 1.24 bits per heavy atom. The molecular weight excluding hydrogens is 232 g/mol. The van der Waals surface area contributed by atoms with E-state index in [-0.39, 0.29) is 0 Å². The van der Waals surface area contributed by atoms with Gasteiger partial charge in [-0.15, -0.1) is 11.3 Å². The molecule has 0 aliphatic heterocycles. The van der Waals surface area contributed by atoms with Crippen molar-refractivity contribution >= 4 is 17.4 Å². The molecule has 0 amide bonds. The van der Waals surface area contributed by atoms with Crippen LogP contribution in [-0.4, -0.2) is 12.2 Å². The van der Waals surface area contributed by atoms with E-state index >= 15 is 0 Å². The SMILES string of the molecule is C=Cc1ccc(C(O)c2ccc(OC)cc2)s1. The van der Waals surface area contributed by atoms with Crippen LogP contribution in [0.2, 0.25) is 0 Å². The van der Waals surface area contributed by atoms with E-state index < -0.39 is 6.10 Å². The predicted octanol–water partition coefficient (Wildman–Crippen LogP) is 3.48. The van der Waals surface area contributed by atoms with Crippen LogP contribution in [0, 0.1) is 0 Å². The first-order valence-corrected chi connectivity index (χ1v) is 6.10. The Balaban J connectivity index is 2.23. The molecule has 1 atom stereocenters. The molecule has 2 aromatic rings. The van der Waals surface area contributed by atoms with Crippen molar-refractivity contribution in [1.29, 1.82) is 0 Å². The maximum absolute atomic E-state index is 10.2. The topological polar surface area (TPSA) is 29.5 Å². The standard InChI is InChI=1S/C14H14O2S/c1-3-12-8-9-13(17-12)14(15)10-4-6-11(16-2)7-5-10/h3-9,14-15H,1H2,2H3. The van der Waals surface area contributed by atoms with E-state index in [1.807, 2.05) is 36.4 Å². The first kappa shape index (κ1) is 11.9. The van der Waals surface area contributed by atoms with Crippen molar-refractivity contribution in [2.75, 3.05) is 7.11 Å². The Labute approximate surface area is 105 Å². The van der Waals surface area contributed by atoms with Crippen molar-refractivity contribution in [1.82, 2.24) is 0 Å². The van der Waals surface area contributed by atoms with Crippen molar-refractivity contribution in [3.63, 3.8) is 0 Å². The van der Waals surface area contributed by atoms with Gasteiger partial charge in [-0.05, 0) is 29.8 Å². The molecule has 1 aromatic heterocycles. The number of methoxy groups -OCH3 is 1. The highest BCUT2D eigenvalue weighted by atomic mass is 32.1. The van der Waals surface area contributed by atoms with Crippen molar-refractivity contribution in [3.05, 3.63) is 58.3 Å². The van der Waals surface area contributed by atoms with E-state index in [9.17, 15) is 5.11 Å². The zero-order valence-electron chi connectivity index (χ0n) is 9.59. The van der Waals surface area contributed by atoms with Gasteiger partial charge >= 0.3 is 0 Å². The van der Waals surface area contributed by atoms with Crippen LogP contribution in [0.3, 0.4) is 0 Å². The van der Waals surface area contributed by atoms with Crippen molar-refractivity contribution in [2.24, 2.45) is 0 Å². The predicted molar refractivity (Wildman–Crippen MR) is 71.5 cm³/mol. The summed E-state index contributed by atoms with van der Waals surface area (Å²) in [6.45, 7) is 3.71. The van der Waals surface area contributed by atoms with Crippen LogP contribution in [0.15, 0.2) is 43.0 Å². The molecule has 0 fully saturated rings. The van der Waals surface area contributed by atoms with E-state index in [2.05, 4.69) is 6.58 Å². The fourth-order valence-corrected chi connectivity index (χ4v) is 2.45. The maximum Gasteiger partial charge on any atom is 0.118 e. The molecule has 1 heterocycles. The number of rotatable bonds is 4. The van der Waals surface area contributed by atoms with Gasteiger partial charge in [0.15, 0.2) is 0 Å². The molecular formula is C14H14O2S. The molecule has 2 rings (SSSR count). The highest BCUT2D eigenvalue weighted by Gasteiger charge is 2.12. The summed E-state index contributed by atoms with van der Waals surface area (Å²) in [5, 5.41) is 10.2. The summed E-state index contributed by atoms with van der Waals surface area (Å²) >= 11 is 1.55. The van der Waals surface area contributed by atoms with Gasteiger partial charge in [0.25, 0.3) is 0 Å². The Morgan fingerprint density at radius 2 is 1.94 bits per heavy atom. The molecule has 2 nitrogen and oxygen atoms in total. The number of aliphatic hydroxyl groups is 1. The van der Waals surface area contributed by atoms with Gasteiger partial charge in [-0.2, -0.15) is 0 Å². The van der Waals surface area contributed by atoms with E-state index in [1.165, 1.54) is 0 Å². The molecule has 17 heavy (non-hydrogen) atoms. The molecule has 0 aliphatic rings. The fourth-order valence-electron chi connectivity index (χ4n) is 1.58. The molecule has 0 spiro atoms. The second-order valence-electron chi connectivity index (χ2n) is 3.62. The summed E-state index contributed by atoms with van der Waals surface area (Å²) in [7, 11) is 1.63. The molecule has 3 heteroatoms. The monoisotopic (exact) mass is 246 g/mol. The summed E-state index contributed by atoms with van der Waals surface area (Å²) in [6, 6.07) is 11.3. The summed E-state index contributed by atoms with van der Waals surface area (Å²) in [4.78, 5) is 1.98. The second kappa shape index (κ2) is 5.17. The van der Waals surface area contributed by atoms with Gasteiger partial charge in [-0.1, -0.05) is 24.8 Å². The van der Waals surface area contributed by atoms with Crippen molar-refractivity contribution in [3.8, 4) is 5.75 Å². The number of ether oxygens (including phenoxy) is 1. The Morgan fingerprint density at radius 3 is 2.47 bits per heavy atom. The molecule has 0 aliphatic carbocycles.